The van der Waals surface area contributed by atoms with Gasteiger partial charge in [-0.05, 0) is 38.0 Å². The van der Waals surface area contributed by atoms with E-state index in [1.165, 1.54) is 22.5 Å². The molecule has 0 amide bonds. The number of hydrogen-bond acceptors (Lipinski definition) is 4. The van der Waals surface area contributed by atoms with Crippen molar-refractivity contribution in [3.8, 4) is 0 Å². The van der Waals surface area contributed by atoms with Crippen molar-refractivity contribution in [3.63, 3.8) is 0 Å². The van der Waals surface area contributed by atoms with E-state index >= 15 is 0 Å². The summed E-state index contributed by atoms with van der Waals surface area (Å²) in [6.45, 7) is 3.48. The molecule has 1 heterocycles. The fraction of sp³-hybridized carbons (Fsp3) is 0.368. The van der Waals surface area contributed by atoms with Crippen LogP contribution in [0, 0.1) is 19.7 Å². The van der Waals surface area contributed by atoms with Gasteiger partial charge in [-0.1, -0.05) is 35.9 Å². The Kier molecular flexibility index (Phi) is 5.42. The quantitative estimate of drug-likeness (QED) is 0.778. The monoisotopic (exact) mass is 411 g/mol. The van der Waals surface area contributed by atoms with Gasteiger partial charge in [0.25, 0.3) is 0 Å². The average Bonchev–Trinajstić information content (AvgIpc) is 2.73. The van der Waals surface area contributed by atoms with E-state index in [4.69, 9.17) is 0 Å². The Balaban J connectivity index is 1.94. The minimum atomic E-state index is -3.82. The van der Waals surface area contributed by atoms with Crippen molar-refractivity contribution in [2.75, 3.05) is 18.8 Å². The topological polar surface area (TPSA) is 71.5 Å². The highest BCUT2D eigenvalue weighted by Gasteiger charge is 2.37. The van der Waals surface area contributed by atoms with E-state index < -0.39 is 30.9 Å². The summed E-state index contributed by atoms with van der Waals surface area (Å²) in [7, 11) is -7.50. The van der Waals surface area contributed by atoms with Crippen LogP contribution in [0.2, 0.25) is 0 Å². The summed E-state index contributed by atoms with van der Waals surface area (Å²) >= 11 is 0. The summed E-state index contributed by atoms with van der Waals surface area (Å²) in [4.78, 5) is 0.176. The molecular weight excluding hydrogens is 389 g/mol. The van der Waals surface area contributed by atoms with E-state index in [1.807, 2.05) is 6.92 Å². The van der Waals surface area contributed by atoms with Gasteiger partial charge in [0, 0.05) is 18.7 Å². The zero-order valence-electron chi connectivity index (χ0n) is 15.2. The molecule has 0 saturated carbocycles. The first-order chi connectivity index (χ1) is 12.6. The second kappa shape index (κ2) is 7.33. The van der Waals surface area contributed by atoms with Gasteiger partial charge in [-0.15, -0.1) is 0 Å². The Hall–Kier alpha value is -1.77. The largest absolute Gasteiger partial charge is 0.243 e. The molecule has 0 N–H and O–H groups in total. The Morgan fingerprint density at radius 1 is 1.07 bits per heavy atom. The molecule has 27 heavy (non-hydrogen) atoms. The SMILES string of the molecule is Cc1ccc(S(=O)(=O)N2CCC(c3ccccc3F)S(=O)(=O)CC2)c(C)c1. The molecule has 1 saturated heterocycles. The van der Waals surface area contributed by atoms with Crippen molar-refractivity contribution in [2.45, 2.75) is 30.4 Å². The molecule has 8 heteroatoms. The lowest BCUT2D eigenvalue weighted by Gasteiger charge is -2.21. The number of halogens is 1. The van der Waals surface area contributed by atoms with Gasteiger partial charge in [0.15, 0.2) is 9.84 Å². The summed E-state index contributed by atoms with van der Waals surface area (Å²) < 4.78 is 66.8. The number of benzene rings is 2. The van der Waals surface area contributed by atoms with Gasteiger partial charge in [0.1, 0.15) is 5.82 Å². The number of aryl methyl sites for hydroxylation is 2. The van der Waals surface area contributed by atoms with Crippen LogP contribution in [0.1, 0.15) is 28.4 Å². The zero-order valence-corrected chi connectivity index (χ0v) is 16.9. The minimum Gasteiger partial charge on any atom is -0.228 e. The van der Waals surface area contributed by atoms with Gasteiger partial charge in [-0.25, -0.2) is 21.2 Å². The molecule has 0 aromatic heterocycles. The number of rotatable bonds is 3. The molecule has 0 radical (unpaired) electrons. The molecule has 0 bridgehead atoms. The highest BCUT2D eigenvalue weighted by molar-refractivity contribution is 7.92. The van der Waals surface area contributed by atoms with Gasteiger partial charge in [-0.3, -0.25) is 0 Å². The number of nitrogens with zero attached hydrogens (tertiary/aromatic N) is 1. The molecule has 5 nitrogen and oxygen atoms in total. The van der Waals surface area contributed by atoms with Gasteiger partial charge in [0.05, 0.1) is 15.9 Å². The van der Waals surface area contributed by atoms with Crippen LogP contribution in [-0.2, 0) is 19.9 Å². The summed E-state index contributed by atoms with van der Waals surface area (Å²) in [6, 6.07) is 10.8. The number of sulfone groups is 1. The predicted molar refractivity (Wildman–Crippen MR) is 102 cm³/mol. The molecule has 0 spiro atoms. The molecule has 1 aliphatic heterocycles. The maximum atomic E-state index is 14.1. The Bertz CT molecular complexity index is 1060. The second-order valence-electron chi connectivity index (χ2n) is 6.84. The summed E-state index contributed by atoms with van der Waals surface area (Å²) in [5.74, 6) is -0.923. The average molecular weight is 412 g/mol. The van der Waals surface area contributed by atoms with Gasteiger partial charge in [-0.2, -0.15) is 4.31 Å². The van der Waals surface area contributed by atoms with Crippen LogP contribution >= 0.6 is 0 Å². The first-order valence-electron chi connectivity index (χ1n) is 8.66. The standard InChI is InChI=1S/C19H22FNO4S2/c1-14-7-8-18(15(2)13-14)27(24,25)21-10-9-19(26(22,23)12-11-21)16-5-3-4-6-17(16)20/h3-8,13,19H,9-12H2,1-2H3. The van der Waals surface area contributed by atoms with Gasteiger partial charge < -0.3 is 0 Å². The first kappa shape index (κ1) is 20.0. The highest BCUT2D eigenvalue weighted by Crippen LogP contribution is 2.33. The minimum absolute atomic E-state index is 0.0212. The normalized spacial score (nSPS) is 20.9. The third kappa shape index (κ3) is 3.93. The number of hydrogen-bond donors (Lipinski definition) is 0. The number of sulfonamides is 1. The second-order valence-corrected chi connectivity index (χ2v) is 11.0. The van der Waals surface area contributed by atoms with Crippen molar-refractivity contribution >= 4 is 19.9 Å². The van der Waals surface area contributed by atoms with Crippen LogP contribution in [-0.4, -0.2) is 40.0 Å². The Labute approximate surface area is 159 Å². The van der Waals surface area contributed by atoms with Crippen LogP contribution in [0.4, 0.5) is 4.39 Å². The molecule has 2 aromatic carbocycles. The van der Waals surface area contributed by atoms with Gasteiger partial charge in [0.2, 0.25) is 10.0 Å². The highest BCUT2D eigenvalue weighted by atomic mass is 32.2. The zero-order chi connectivity index (χ0) is 19.8. The van der Waals surface area contributed by atoms with Crippen molar-refractivity contribution in [2.24, 2.45) is 0 Å². The van der Waals surface area contributed by atoms with Crippen molar-refractivity contribution in [1.82, 2.24) is 4.31 Å². The fourth-order valence-corrected chi connectivity index (χ4v) is 7.06. The molecule has 1 fully saturated rings. The van der Waals surface area contributed by atoms with E-state index in [0.29, 0.717) is 5.56 Å². The van der Waals surface area contributed by atoms with Crippen molar-refractivity contribution in [1.29, 1.82) is 0 Å². The Morgan fingerprint density at radius 2 is 1.78 bits per heavy atom. The maximum absolute atomic E-state index is 14.1. The predicted octanol–water partition coefficient (Wildman–Crippen LogP) is 2.99. The van der Waals surface area contributed by atoms with Crippen LogP contribution in [0.25, 0.3) is 0 Å². The van der Waals surface area contributed by atoms with Crippen LogP contribution in [0.5, 0.6) is 0 Å². The molecule has 1 aliphatic rings. The van der Waals surface area contributed by atoms with E-state index in [9.17, 15) is 21.2 Å². The summed E-state index contributed by atoms with van der Waals surface area (Å²) in [5, 5.41) is -1.04. The molecule has 3 rings (SSSR count). The first-order valence-corrected chi connectivity index (χ1v) is 11.8. The van der Waals surface area contributed by atoms with Crippen molar-refractivity contribution in [3.05, 3.63) is 65.0 Å². The summed E-state index contributed by atoms with van der Waals surface area (Å²) in [5.41, 5.74) is 1.67. The summed E-state index contributed by atoms with van der Waals surface area (Å²) in [6.07, 6.45) is 0.0212. The fourth-order valence-electron chi connectivity index (χ4n) is 3.48. The van der Waals surface area contributed by atoms with E-state index in [0.717, 1.165) is 5.56 Å². The third-order valence-corrected chi connectivity index (χ3v) is 9.07. The molecule has 146 valence electrons. The smallest absolute Gasteiger partial charge is 0.228 e. The van der Waals surface area contributed by atoms with Gasteiger partial charge >= 0.3 is 0 Å². The third-order valence-electron chi connectivity index (χ3n) is 4.90. The van der Waals surface area contributed by atoms with Crippen LogP contribution < -0.4 is 0 Å². The molecule has 0 aliphatic carbocycles. The lowest BCUT2D eigenvalue weighted by atomic mass is 10.1. The van der Waals surface area contributed by atoms with Crippen LogP contribution in [0.15, 0.2) is 47.4 Å². The lowest BCUT2D eigenvalue weighted by Crippen LogP contribution is -2.34. The van der Waals surface area contributed by atoms with E-state index in [2.05, 4.69) is 0 Å². The lowest BCUT2D eigenvalue weighted by molar-refractivity contribution is 0.426. The molecule has 1 unspecified atom stereocenters. The van der Waals surface area contributed by atoms with Crippen LogP contribution in [0.3, 0.4) is 0 Å². The molecule has 1 atom stereocenters. The van der Waals surface area contributed by atoms with E-state index in [-0.39, 0.29) is 35.7 Å². The maximum Gasteiger partial charge on any atom is 0.243 e. The van der Waals surface area contributed by atoms with Crippen molar-refractivity contribution < 1.29 is 21.2 Å². The molecular formula is C19H22FNO4S2. The molecule has 2 aromatic rings. The van der Waals surface area contributed by atoms with E-state index in [1.54, 1.807) is 31.2 Å². The Morgan fingerprint density at radius 3 is 2.44 bits per heavy atom.